The van der Waals surface area contributed by atoms with Gasteiger partial charge in [-0.25, -0.2) is 0 Å². The van der Waals surface area contributed by atoms with Gasteiger partial charge in [-0.2, -0.15) is 0 Å². The first kappa shape index (κ1) is 18.9. The van der Waals surface area contributed by atoms with Crippen molar-refractivity contribution in [1.82, 2.24) is 0 Å². The van der Waals surface area contributed by atoms with Gasteiger partial charge in [-0.05, 0) is 0 Å². The minimum Gasteiger partial charge on any atom is -0.394 e. The molecule has 8 N–H and O–H groups in total. The maximum Gasteiger partial charge on any atom is 0.224 e. The summed E-state index contributed by atoms with van der Waals surface area (Å²) in [7, 11) is 0. The lowest BCUT2D eigenvalue weighted by Crippen LogP contribution is -2.60. The van der Waals surface area contributed by atoms with Gasteiger partial charge in [0.1, 0.15) is 42.7 Å². The fraction of sp³-hybridized carbons (Fsp3) is 1.00. The van der Waals surface area contributed by atoms with Crippen molar-refractivity contribution in [2.75, 3.05) is 19.8 Å². The van der Waals surface area contributed by atoms with E-state index in [9.17, 15) is 35.7 Å². The first-order chi connectivity index (χ1) is 10.7. The average Bonchev–Trinajstić information content (AvgIpc) is 2.80. The maximum absolute atomic E-state index is 9.99. The smallest absolute Gasteiger partial charge is 0.224 e. The van der Waals surface area contributed by atoms with E-state index in [1.807, 2.05) is 0 Å². The Morgan fingerprint density at radius 1 is 1.09 bits per heavy atom. The van der Waals surface area contributed by atoms with Crippen LogP contribution in [0.15, 0.2) is 0 Å². The summed E-state index contributed by atoms with van der Waals surface area (Å²) in [6.07, 6.45) is -12.5. The number of rotatable bonds is 5. The summed E-state index contributed by atoms with van der Waals surface area (Å²) in [6.45, 7) is -1.73. The summed E-state index contributed by atoms with van der Waals surface area (Å²) >= 11 is 0. The second kappa shape index (κ2) is 7.21. The third kappa shape index (κ3) is 3.50. The van der Waals surface area contributed by atoms with Gasteiger partial charge in [-0.1, -0.05) is 0 Å². The van der Waals surface area contributed by atoms with Gasteiger partial charge in [-0.15, -0.1) is 0 Å². The zero-order valence-corrected chi connectivity index (χ0v) is 12.0. The first-order valence-electron chi connectivity index (χ1n) is 7.05. The highest BCUT2D eigenvalue weighted by molar-refractivity contribution is 4.95. The van der Waals surface area contributed by atoms with Crippen molar-refractivity contribution in [1.29, 1.82) is 0 Å². The van der Waals surface area contributed by atoms with E-state index < -0.39 is 74.6 Å². The van der Waals surface area contributed by atoms with Crippen LogP contribution in [0.2, 0.25) is 0 Å². The first-order valence-corrected chi connectivity index (χ1v) is 7.05. The summed E-state index contributed by atoms with van der Waals surface area (Å²) in [6, 6.07) is 0. The minimum atomic E-state index is -2.46. The highest BCUT2D eigenvalue weighted by Crippen LogP contribution is 2.29. The van der Waals surface area contributed by atoms with Crippen molar-refractivity contribution in [2.24, 2.45) is 0 Å². The van der Waals surface area contributed by atoms with Gasteiger partial charge in [0.05, 0.1) is 19.8 Å². The quantitative estimate of drug-likeness (QED) is 0.238. The molecule has 0 aromatic rings. The lowest BCUT2D eigenvalue weighted by Gasteiger charge is -2.40. The third-order valence-electron chi connectivity index (χ3n) is 4.02. The van der Waals surface area contributed by atoms with Gasteiger partial charge in [0, 0.05) is 0 Å². The molecular formula is C12H22O11. The van der Waals surface area contributed by atoms with Gasteiger partial charge in [0.2, 0.25) is 5.79 Å². The molecule has 136 valence electrons. The van der Waals surface area contributed by atoms with Crippen LogP contribution >= 0.6 is 0 Å². The van der Waals surface area contributed by atoms with E-state index in [1.165, 1.54) is 0 Å². The van der Waals surface area contributed by atoms with Crippen LogP contribution in [-0.4, -0.2) is 115 Å². The van der Waals surface area contributed by atoms with E-state index in [1.54, 1.807) is 0 Å². The summed E-state index contributed by atoms with van der Waals surface area (Å²) in [5, 5.41) is 76.8. The third-order valence-corrected chi connectivity index (χ3v) is 4.02. The van der Waals surface area contributed by atoms with Crippen molar-refractivity contribution >= 4 is 0 Å². The van der Waals surface area contributed by atoms with Crippen molar-refractivity contribution in [3.05, 3.63) is 0 Å². The Labute approximate surface area is 130 Å². The van der Waals surface area contributed by atoms with Crippen LogP contribution in [0.25, 0.3) is 0 Å². The number of ether oxygens (including phenoxy) is 3. The monoisotopic (exact) mass is 342 g/mol. The molecule has 2 aliphatic heterocycles. The molecule has 0 saturated carbocycles. The summed E-state index contributed by atoms with van der Waals surface area (Å²) < 4.78 is 14.8. The normalized spacial score (nSPS) is 49.3. The minimum absolute atomic E-state index is 0.394. The Morgan fingerprint density at radius 3 is 2.26 bits per heavy atom. The fourth-order valence-corrected chi connectivity index (χ4v) is 2.47. The Bertz CT molecular complexity index is 393. The average molecular weight is 342 g/mol. The zero-order chi connectivity index (χ0) is 17.4. The molecule has 11 heteroatoms. The number of aliphatic hydroxyl groups excluding tert-OH is 7. The van der Waals surface area contributed by atoms with Crippen LogP contribution < -0.4 is 0 Å². The molecule has 0 aliphatic carbocycles. The standard InChI is InChI=1S/C12H22O11/c13-1-5-7(16)8(17)9(18)11(23-5)21-3-6(15)12(20)10(19)4(14)2-22-12/h4-11,13-20H,1-3H2/t4-,5-,6-,7-,8+,9-,10-,11?,12+/m1/s1. The highest BCUT2D eigenvalue weighted by atomic mass is 16.7. The number of hydrogen-bond donors (Lipinski definition) is 8. The summed E-state index contributed by atoms with van der Waals surface area (Å²) in [5.41, 5.74) is 0. The number of aliphatic hydroxyl groups is 8. The van der Waals surface area contributed by atoms with Crippen LogP contribution in [0.1, 0.15) is 0 Å². The lowest BCUT2D eigenvalue weighted by molar-refractivity contribution is -0.322. The van der Waals surface area contributed by atoms with E-state index in [2.05, 4.69) is 0 Å². The van der Waals surface area contributed by atoms with Gasteiger partial charge >= 0.3 is 0 Å². The molecule has 1 unspecified atom stereocenters. The zero-order valence-electron chi connectivity index (χ0n) is 12.0. The molecule has 2 saturated heterocycles. The largest absolute Gasteiger partial charge is 0.394 e. The van der Waals surface area contributed by atoms with E-state index >= 15 is 0 Å². The van der Waals surface area contributed by atoms with Crippen LogP contribution in [0.3, 0.4) is 0 Å². The predicted octanol–water partition coefficient (Wildman–Crippen LogP) is -5.40. The molecule has 0 spiro atoms. The van der Waals surface area contributed by atoms with Crippen molar-refractivity contribution < 1.29 is 55.1 Å². The van der Waals surface area contributed by atoms with E-state index in [-0.39, 0.29) is 0 Å². The lowest BCUT2D eigenvalue weighted by atomic mass is 9.99. The molecule has 9 atom stereocenters. The van der Waals surface area contributed by atoms with Crippen LogP contribution in [0, 0.1) is 0 Å². The molecule has 0 aromatic heterocycles. The maximum atomic E-state index is 9.99. The Kier molecular flexibility index (Phi) is 5.92. The predicted molar refractivity (Wildman–Crippen MR) is 68.6 cm³/mol. The number of hydrogen-bond acceptors (Lipinski definition) is 11. The molecule has 23 heavy (non-hydrogen) atoms. The van der Waals surface area contributed by atoms with Crippen LogP contribution in [0.4, 0.5) is 0 Å². The Morgan fingerprint density at radius 2 is 1.74 bits per heavy atom. The van der Waals surface area contributed by atoms with Crippen molar-refractivity contribution in [3.8, 4) is 0 Å². The van der Waals surface area contributed by atoms with Gasteiger partial charge < -0.3 is 55.1 Å². The van der Waals surface area contributed by atoms with Gasteiger partial charge in [0.25, 0.3) is 0 Å². The Hall–Kier alpha value is -0.440. The van der Waals surface area contributed by atoms with E-state index in [0.717, 1.165) is 0 Å². The molecule has 0 aromatic carbocycles. The molecule has 11 nitrogen and oxygen atoms in total. The Balaban J connectivity index is 1.94. The molecular weight excluding hydrogens is 320 g/mol. The van der Waals surface area contributed by atoms with Gasteiger partial charge in [-0.3, -0.25) is 0 Å². The second-order valence-electron chi connectivity index (χ2n) is 5.62. The van der Waals surface area contributed by atoms with Gasteiger partial charge in [0.15, 0.2) is 6.29 Å². The SMILES string of the molecule is OC[C@H]1OC(OC[C@@H](O)[C@]2(O)OC[C@@H](O)[C@H]2O)[C@H](O)[C@@H](O)[C@@H]1O. The highest BCUT2D eigenvalue weighted by Gasteiger charge is 2.53. The molecule has 2 aliphatic rings. The van der Waals surface area contributed by atoms with E-state index in [0.29, 0.717) is 0 Å². The van der Waals surface area contributed by atoms with Crippen LogP contribution in [-0.2, 0) is 14.2 Å². The molecule has 0 amide bonds. The molecule has 2 heterocycles. The molecule has 0 bridgehead atoms. The fourth-order valence-electron chi connectivity index (χ4n) is 2.47. The summed E-state index contributed by atoms with van der Waals surface area (Å²) in [5.74, 6) is -2.46. The molecule has 2 fully saturated rings. The van der Waals surface area contributed by atoms with Crippen LogP contribution in [0.5, 0.6) is 0 Å². The van der Waals surface area contributed by atoms with Crippen molar-refractivity contribution in [2.45, 2.75) is 54.8 Å². The molecule has 2 rings (SSSR count). The summed E-state index contributed by atoms with van der Waals surface area (Å²) in [4.78, 5) is 0. The molecule has 0 radical (unpaired) electrons. The second-order valence-corrected chi connectivity index (χ2v) is 5.62. The van der Waals surface area contributed by atoms with E-state index in [4.69, 9.17) is 19.3 Å². The topological polar surface area (TPSA) is 190 Å². The van der Waals surface area contributed by atoms with Crippen molar-refractivity contribution in [3.63, 3.8) is 0 Å².